The van der Waals surface area contributed by atoms with Crippen molar-refractivity contribution >= 4 is 16.9 Å². The number of hydrogen-bond donors (Lipinski definition) is 1. The molecule has 0 saturated heterocycles. The van der Waals surface area contributed by atoms with Gasteiger partial charge < -0.3 is 14.4 Å². The number of carboxylic acid groups (broad SMARTS) is 1. The molecule has 0 aliphatic carbocycles. The van der Waals surface area contributed by atoms with Crippen LogP contribution in [0.25, 0.3) is 16.6 Å². The van der Waals surface area contributed by atoms with Crippen molar-refractivity contribution < 1.29 is 14.6 Å². The average Bonchev–Trinajstić information content (AvgIpc) is 2.57. The van der Waals surface area contributed by atoms with Crippen molar-refractivity contribution in [1.82, 2.24) is 4.57 Å². The van der Waals surface area contributed by atoms with E-state index in [1.54, 1.807) is 34.9 Å². The van der Waals surface area contributed by atoms with E-state index in [0.29, 0.717) is 22.3 Å². The van der Waals surface area contributed by atoms with Crippen LogP contribution in [0, 0.1) is 6.92 Å². The van der Waals surface area contributed by atoms with Gasteiger partial charge in [0.05, 0.1) is 12.6 Å². The van der Waals surface area contributed by atoms with Crippen molar-refractivity contribution in [1.29, 1.82) is 0 Å². The van der Waals surface area contributed by atoms with Crippen LogP contribution in [0.4, 0.5) is 0 Å². The summed E-state index contributed by atoms with van der Waals surface area (Å²) in [6.07, 6.45) is 0. The van der Waals surface area contributed by atoms with Crippen LogP contribution in [0.1, 0.15) is 16.1 Å². The third-order valence-corrected chi connectivity index (χ3v) is 3.83. The summed E-state index contributed by atoms with van der Waals surface area (Å²) in [5.41, 5.74) is 1.06. The van der Waals surface area contributed by atoms with Crippen LogP contribution in [-0.4, -0.2) is 22.8 Å². The van der Waals surface area contributed by atoms with Gasteiger partial charge >= 0.3 is 5.97 Å². The third kappa shape index (κ3) is 2.36. The summed E-state index contributed by atoms with van der Waals surface area (Å²) < 4.78 is 6.80. The van der Waals surface area contributed by atoms with E-state index in [0.717, 1.165) is 0 Å². The summed E-state index contributed by atoms with van der Waals surface area (Å²) in [4.78, 5) is 24.3. The fraction of sp³-hybridized carbons (Fsp3) is 0.111. The van der Waals surface area contributed by atoms with Crippen molar-refractivity contribution in [2.45, 2.75) is 6.92 Å². The molecule has 23 heavy (non-hydrogen) atoms. The second-order valence-corrected chi connectivity index (χ2v) is 5.16. The molecule has 116 valence electrons. The highest BCUT2D eigenvalue weighted by Crippen LogP contribution is 2.25. The van der Waals surface area contributed by atoms with Gasteiger partial charge in [0, 0.05) is 22.7 Å². The van der Waals surface area contributed by atoms with E-state index in [2.05, 4.69) is 0 Å². The maximum Gasteiger partial charge on any atom is 0.353 e. The van der Waals surface area contributed by atoms with Gasteiger partial charge in [-0.05, 0) is 31.2 Å². The Hall–Kier alpha value is -3.08. The third-order valence-electron chi connectivity index (χ3n) is 3.83. The molecule has 0 radical (unpaired) electrons. The predicted octanol–water partition coefficient (Wildman–Crippen LogP) is 3.01. The van der Waals surface area contributed by atoms with Gasteiger partial charge in [-0.25, -0.2) is 4.79 Å². The molecular formula is C18H15NO4. The Balaban J connectivity index is 2.56. The lowest BCUT2D eigenvalue weighted by Gasteiger charge is -2.17. The zero-order valence-electron chi connectivity index (χ0n) is 12.7. The molecule has 0 aliphatic heterocycles. The molecule has 5 nitrogen and oxygen atoms in total. The van der Waals surface area contributed by atoms with Crippen molar-refractivity contribution in [2.75, 3.05) is 7.11 Å². The molecule has 0 unspecified atom stereocenters. The molecule has 0 aliphatic rings. The predicted molar refractivity (Wildman–Crippen MR) is 87.8 cm³/mol. The van der Waals surface area contributed by atoms with Crippen LogP contribution in [0.15, 0.2) is 53.3 Å². The van der Waals surface area contributed by atoms with Crippen LogP contribution >= 0.6 is 0 Å². The molecule has 0 fully saturated rings. The number of hydrogen-bond acceptors (Lipinski definition) is 3. The highest BCUT2D eigenvalue weighted by Gasteiger charge is 2.20. The molecule has 3 rings (SSSR count). The van der Waals surface area contributed by atoms with E-state index >= 15 is 0 Å². The molecule has 0 atom stereocenters. The number of methoxy groups -OCH3 is 1. The van der Waals surface area contributed by atoms with Crippen molar-refractivity contribution in [3.8, 4) is 11.4 Å². The highest BCUT2D eigenvalue weighted by atomic mass is 16.5. The molecular weight excluding hydrogens is 294 g/mol. The fourth-order valence-corrected chi connectivity index (χ4v) is 2.71. The number of benzene rings is 2. The first-order chi connectivity index (χ1) is 11.0. The average molecular weight is 309 g/mol. The Bertz CT molecular complexity index is 958. The number of ether oxygens (including phenoxy) is 1. The van der Waals surface area contributed by atoms with Gasteiger partial charge in [-0.15, -0.1) is 0 Å². The number of aromatic nitrogens is 1. The van der Waals surface area contributed by atoms with Crippen LogP contribution in [0.2, 0.25) is 0 Å². The highest BCUT2D eigenvalue weighted by molar-refractivity contribution is 5.94. The number of fused-ring (bicyclic) bond motifs is 1. The number of carboxylic acids is 1. The van der Waals surface area contributed by atoms with E-state index < -0.39 is 5.97 Å². The minimum absolute atomic E-state index is 0.0399. The number of rotatable bonds is 3. The van der Waals surface area contributed by atoms with Crippen LogP contribution < -0.4 is 10.2 Å². The van der Waals surface area contributed by atoms with Gasteiger partial charge in [-0.1, -0.05) is 18.2 Å². The lowest BCUT2D eigenvalue weighted by atomic mass is 10.1. The normalized spacial score (nSPS) is 10.7. The van der Waals surface area contributed by atoms with Crippen LogP contribution in [-0.2, 0) is 0 Å². The molecule has 3 aromatic rings. The maximum atomic E-state index is 12.5. The molecule has 1 N–H and O–H groups in total. The van der Waals surface area contributed by atoms with E-state index in [1.807, 2.05) is 18.2 Å². The number of pyridine rings is 1. The van der Waals surface area contributed by atoms with Crippen molar-refractivity contribution in [3.05, 3.63) is 70.0 Å². The smallest absolute Gasteiger partial charge is 0.353 e. The largest absolute Gasteiger partial charge is 0.497 e. The molecule has 0 spiro atoms. The van der Waals surface area contributed by atoms with Crippen molar-refractivity contribution in [2.24, 2.45) is 0 Å². The summed E-state index contributed by atoms with van der Waals surface area (Å²) in [6, 6.07) is 14.1. The topological polar surface area (TPSA) is 68.5 Å². The van der Waals surface area contributed by atoms with E-state index in [9.17, 15) is 14.7 Å². The quantitative estimate of drug-likeness (QED) is 0.807. The molecule has 2 aromatic carbocycles. The van der Waals surface area contributed by atoms with Crippen LogP contribution in [0.3, 0.4) is 0 Å². The molecule has 0 bridgehead atoms. The monoisotopic (exact) mass is 309 g/mol. The summed E-state index contributed by atoms with van der Waals surface area (Å²) >= 11 is 0. The number of para-hydroxylation sites is 1. The lowest BCUT2D eigenvalue weighted by molar-refractivity contribution is 0.0687. The van der Waals surface area contributed by atoms with Gasteiger partial charge in [-0.3, -0.25) is 4.79 Å². The second-order valence-electron chi connectivity index (χ2n) is 5.16. The molecule has 0 amide bonds. The minimum atomic E-state index is -1.15. The van der Waals surface area contributed by atoms with Crippen LogP contribution in [0.5, 0.6) is 5.75 Å². The lowest BCUT2D eigenvalue weighted by Crippen LogP contribution is -2.21. The SMILES string of the molecule is COc1ccc2c(=O)c(C)c(C(=O)O)n(-c3ccccc3)c2c1. The van der Waals surface area contributed by atoms with Gasteiger partial charge in [-0.2, -0.15) is 0 Å². The van der Waals surface area contributed by atoms with Crippen molar-refractivity contribution in [3.63, 3.8) is 0 Å². The standard InChI is InChI=1S/C18H15NO4/c1-11-16(18(21)22)19(12-6-4-3-5-7-12)15-10-13(23-2)8-9-14(15)17(11)20/h3-10H,1-2H3,(H,21,22). The summed E-state index contributed by atoms with van der Waals surface area (Å²) in [5.74, 6) is -0.588. The zero-order chi connectivity index (χ0) is 16.6. The number of aromatic carboxylic acids is 1. The van der Waals surface area contributed by atoms with Gasteiger partial charge in [0.1, 0.15) is 11.4 Å². The molecule has 1 aromatic heterocycles. The molecule has 1 heterocycles. The Labute approximate surface area is 132 Å². The van der Waals surface area contributed by atoms with E-state index in [-0.39, 0.29) is 16.7 Å². The van der Waals surface area contributed by atoms with Gasteiger partial charge in [0.15, 0.2) is 5.43 Å². The second kappa shape index (κ2) is 5.61. The Kier molecular flexibility index (Phi) is 3.62. The zero-order valence-corrected chi connectivity index (χ0v) is 12.7. The summed E-state index contributed by atoms with van der Waals surface area (Å²) in [6.45, 7) is 1.54. The number of carbonyl (C=O) groups is 1. The first-order valence-corrected chi connectivity index (χ1v) is 7.06. The van der Waals surface area contributed by atoms with Gasteiger partial charge in [0.25, 0.3) is 0 Å². The maximum absolute atomic E-state index is 12.5. The van der Waals surface area contributed by atoms with E-state index in [4.69, 9.17) is 4.74 Å². The number of nitrogens with zero attached hydrogens (tertiary/aromatic N) is 1. The minimum Gasteiger partial charge on any atom is -0.497 e. The van der Waals surface area contributed by atoms with E-state index in [1.165, 1.54) is 14.0 Å². The summed E-state index contributed by atoms with van der Waals surface area (Å²) in [7, 11) is 1.53. The Morgan fingerprint density at radius 3 is 2.43 bits per heavy atom. The fourth-order valence-electron chi connectivity index (χ4n) is 2.71. The molecule has 5 heteroatoms. The Morgan fingerprint density at radius 2 is 1.83 bits per heavy atom. The van der Waals surface area contributed by atoms with Gasteiger partial charge in [0.2, 0.25) is 0 Å². The summed E-state index contributed by atoms with van der Waals surface area (Å²) in [5, 5.41) is 10.1. The first-order valence-electron chi connectivity index (χ1n) is 7.06. The Morgan fingerprint density at radius 1 is 1.13 bits per heavy atom. The first kappa shape index (κ1) is 14.8. The molecule has 0 saturated carbocycles.